The third kappa shape index (κ3) is 3.79. The standard InChI is InChI=1S/C19H21NO4/c1-2-3-10-23-15-7-4-13(5-8-15)11-18-19(22)20-16-9-6-14(21)12-17(16)24-18/h4-9,12,18,21H,2-3,10-11H2,1H3,(H,20,22). The Morgan fingerprint density at radius 1 is 1.21 bits per heavy atom. The molecule has 24 heavy (non-hydrogen) atoms. The summed E-state index contributed by atoms with van der Waals surface area (Å²) in [5.41, 5.74) is 1.57. The number of phenols is 1. The zero-order valence-corrected chi connectivity index (χ0v) is 13.6. The van der Waals surface area contributed by atoms with Gasteiger partial charge in [0.2, 0.25) is 0 Å². The van der Waals surface area contributed by atoms with Crippen LogP contribution in [0.4, 0.5) is 5.69 Å². The monoisotopic (exact) mass is 327 g/mol. The summed E-state index contributed by atoms with van der Waals surface area (Å²) in [5.74, 6) is 1.24. The van der Waals surface area contributed by atoms with E-state index >= 15 is 0 Å². The second-order valence-electron chi connectivity index (χ2n) is 5.83. The number of anilines is 1. The van der Waals surface area contributed by atoms with Crippen molar-refractivity contribution < 1.29 is 19.4 Å². The van der Waals surface area contributed by atoms with E-state index in [1.54, 1.807) is 6.07 Å². The Hall–Kier alpha value is -2.69. The van der Waals surface area contributed by atoms with Gasteiger partial charge in [-0.3, -0.25) is 4.79 Å². The van der Waals surface area contributed by atoms with Crippen LogP contribution >= 0.6 is 0 Å². The van der Waals surface area contributed by atoms with Crippen LogP contribution in [0.5, 0.6) is 17.2 Å². The van der Waals surface area contributed by atoms with Gasteiger partial charge in [0.1, 0.15) is 17.2 Å². The van der Waals surface area contributed by atoms with E-state index in [0.717, 1.165) is 24.2 Å². The molecule has 0 spiro atoms. The van der Waals surface area contributed by atoms with Crippen LogP contribution < -0.4 is 14.8 Å². The number of unbranched alkanes of at least 4 members (excludes halogenated alkanes) is 1. The highest BCUT2D eigenvalue weighted by molar-refractivity contribution is 5.98. The summed E-state index contributed by atoms with van der Waals surface area (Å²) in [6, 6.07) is 12.3. The molecular weight excluding hydrogens is 306 g/mol. The molecule has 1 aliphatic heterocycles. The molecule has 0 aliphatic carbocycles. The Kier molecular flexibility index (Phi) is 4.89. The zero-order chi connectivity index (χ0) is 16.9. The maximum atomic E-state index is 12.2. The van der Waals surface area contributed by atoms with Crippen LogP contribution in [0.1, 0.15) is 25.3 Å². The van der Waals surface area contributed by atoms with Crippen LogP contribution in [0.3, 0.4) is 0 Å². The molecule has 1 atom stereocenters. The summed E-state index contributed by atoms with van der Waals surface area (Å²) in [4.78, 5) is 12.2. The smallest absolute Gasteiger partial charge is 0.265 e. The van der Waals surface area contributed by atoms with Gasteiger partial charge < -0.3 is 19.9 Å². The molecule has 1 unspecified atom stereocenters. The third-order valence-electron chi connectivity index (χ3n) is 3.90. The number of fused-ring (bicyclic) bond motifs is 1. The van der Waals surface area contributed by atoms with E-state index in [1.165, 1.54) is 12.1 Å². The molecule has 0 aromatic heterocycles. The van der Waals surface area contributed by atoms with Gasteiger partial charge in [0.25, 0.3) is 5.91 Å². The number of hydrogen-bond acceptors (Lipinski definition) is 4. The number of benzene rings is 2. The van der Waals surface area contributed by atoms with E-state index in [2.05, 4.69) is 12.2 Å². The minimum atomic E-state index is -0.619. The highest BCUT2D eigenvalue weighted by Crippen LogP contribution is 2.33. The summed E-state index contributed by atoms with van der Waals surface area (Å²) >= 11 is 0. The van der Waals surface area contributed by atoms with Gasteiger partial charge >= 0.3 is 0 Å². The number of rotatable bonds is 6. The van der Waals surface area contributed by atoms with Gasteiger partial charge in [0, 0.05) is 12.5 Å². The molecule has 1 aliphatic rings. The van der Waals surface area contributed by atoms with Gasteiger partial charge in [0.05, 0.1) is 12.3 Å². The predicted molar refractivity (Wildman–Crippen MR) is 91.7 cm³/mol. The van der Waals surface area contributed by atoms with Gasteiger partial charge in [-0.15, -0.1) is 0 Å². The third-order valence-corrected chi connectivity index (χ3v) is 3.90. The summed E-state index contributed by atoms with van der Waals surface area (Å²) < 4.78 is 11.4. The Labute approximate surface area is 141 Å². The second kappa shape index (κ2) is 7.25. The number of carbonyl (C=O) groups excluding carboxylic acids is 1. The van der Waals surface area contributed by atoms with Crippen molar-refractivity contribution in [3.63, 3.8) is 0 Å². The minimum Gasteiger partial charge on any atom is -0.508 e. The molecule has 1 heterocycles. The normalized spacial score (nSPS) is 16.0. The number of amides is 1. The molecule has 2 aromatic rings. The van der Waals surface area contributed by atoms with Crippen LogP contribution in [0.15, 0.2) is 42.5 Å². The maximum absolute atomic E-state index is 12.2. The van der Waals surface area contributed by atoms with Gasteiger partial charge in [-0.25, -0.2) is 0 Å². The van der Waals surface area contributed by atoms with E-state index in [4.69, 9.17) is 9.47 Å². The molecule has 5 heteroatoms. The number of aromatic hydroxyl groups is 1. The average molecular weight is 327 g/mol. The molecule has 126 valence electrons. The molecule has 2 aromatic carbocycles. The number of nitrogens with one attached hydrogen (secondary N) is 1. The van der Waals surface area contributed by atoms with Crippen molar-refractivity contribution >= 4 is 11.6 Å². The molecular formula is C19H21NO4. The first-order valence-corrected chi connectivity index (χ1v) is 8.18. The summed E-state index contributed by atoms with van der Waals surface area (Å²) in [5, 5.41) is 12.3. The fraction of sp³-hybridized carbons (Fsp3) is 0.316. The first-order chi connectivity index (χ1) is 11.7. The Balaban J connectivity index is 1.64. The van der Waals surface area contributed by atoms with E-state index in [0.29, 0.717) is 24.5 Å². The second-order valence-corrected chi connectivity index (χ2v) is 5.83. The first-order valence-electron chi connectivity index (χ1n) is 8.18. The van der Waals surface area contributed by atoms with E-state index in [-0.39, 0.29) is 11.7 Å². The van der Waals surface area contributed by atoms with Crippen LogP contribution in [-0.4, -0.2) is 23.7 Å². The molecule has 0 radical (unpaired) electrons. The Bertz CT molecular complexity index is 712. The van der Waals surface area contributed by atoms with Crippen molar-refractivity contribution in [2.24, 2.45) is 0 Å². The molecule has 0 saturated carbocycles. The van der Waals surface area contributed by atoms with Crippen molar-refractivity contribution in [1.29, 1.82) is 0 Å². The molecule has 3 rings (SSSR count). The lowest BCUT2D eigenvalue weighted by molar-refractivity contribution is -0.123. The summed E-state index contributed by atoms with van der Waals surface area (Å²) in [6.07, 6.45) is 1.97. The molecule has 1 amide bonds. The topological polar surface area (TPSA) is 67.8 Å². The molecule has 5 nitrogen and oxygen atoms in total. The van der Waals surface area contributed by atoms with Gasteiger partial charge in [-0.05, 0) is 36.2 Å². The molecule has 0 saturated heterocycles. The summed E-state index contributed by atoms with van der Waals surface area (Å²) in [6.45, 7) is 2.84. The van der Waals surface area contributed by atoms with Crippen molar-refractivity contribution in [2.45, 2.75) is 32.3 Å². The van der Waals surface area contributed by atoms with Crippen molar-refractivity contribution in [3.05, 3.63) is 48.0 Å². The van der Waals surface area contributed by atoms with E-state index in [1.807, 2.05) is 24.3 Å². The van der Waals surface area contributed by atoms with E-state index in [9.17, 15) is 9.90 Å². The van der Waals surface area contributed by atoms with Gasteiger partial charge in [-0.2, -0.15) is 0 Å². The highest BCUT2D eigenvalue weighted by Gasteiger charge is 2.28. The lowest BCUT2D eigenvalue weighted by Crippen LogP contribution is -2.38. The average Bonchev–Trinajstić information content (AvgIpc) is 2.58. The minimum absolute atomic E-state index is 0.109. The van der Waals surface area contributed by atoms with Crippen LogP contribution in [0.25, 0.3) is 0 Å². The Morgan fingerprint density at radius 3 is 2.75 bits per heavy atom. The SMILES string of the molecule is CCCCOc1ccc(CC2Oc3cc(O)ccc3NC2=O)cc1. The maximum Gasteiger partial charge on any atom is 0.265 e. The van der Waals surface area contributed by atoms with Crippen molar-refractivity contribution in [2.75, 3.05) is 11.9 Å². The van der Waals surface area contributed by atoms with E-state index < -0.39 is 6.10 Å². The molecule has 2 N–H and O–H groups in total. The summed E-state index contributed by atoms with van der Waals surface area (Å²) in [7, 11) is 0. The van der Waals surface area contributed by atoms with Crippen LogP contribution in [0, 0.1) is 0 Å². The van der Waals surface area contributed by atoms with Gasteiger partial charge in [0.15, 0.2) is 6.10 Å². The molecule has 0 bridgehead atoms. The number of phenolic OH excluding ortho intramolecular Hbond substituents is 1. The van der Waals surface area contributed by atoms with Crippen LogP contribution in [-0.2, 0) is 11.2 Å². The van der Waals surface area contributed by atoms with Gasteiger partial charge in [-0.1, -0.05) is 25.5 Å². The lowest BCUT2D eigenvalue weighted by atomic mass is 10.1. The fourth-order valence-electron chi connectivity index (χ4n) is 2.54. The first kappa shape index (κ1) is 16.2. The quantitative estimate of drug-likeness (QED) is 0.629. The predicted octanol–water partition coefficient (Wildman–Crippen LogP) is 3.51. The number of ether oxygens (including phenoxy) is 2. The fourth-order valence-corrected chi connectivity index (χ4v) is 2.54. The largest absolute Gasteiger partial charge is 0.508 e. The number of carbonyl (C=O) groups is 1. The number of hydrogen-bond donors (Lipinski definition) is 2. The van der Waals surface area contributed by atoms with Crippen molar-refractivity contribution in [1.82, 2.24) is 0 Å². The lowest BCUT2D eigenvalue weighted by Gasteiger charge is -2.26. The Morgan fingerprint density at radius 2 is 2.00 bits per heavy atom. The van der Waals surface area contributed by atoms with Crippen LogP contribution in [0.2, 0.25) is 0 Å². The van der Waals surface area contributed by atoms with Crippen molar-refractivity contribution in [3.8, 4) is 17.2 Å². The zero-order valence-electron chi connectivity index (χ0n) is 13.6. The molecule has 0 fully saturated rings. The highest BCUT2D eigenvalue weighted by atomic mass is 16.5.